The molecule has 17 heavy (non-hydrogen) atoms. The fraction of sp³-hybridized carbons (Fsp3) is 0.923. The first-order chi connectivity index (χ1) is 7.98. The van der Waals surface area contributed by atoms with Gasteiger partial charge in [-0.25, -0.2) is 0 Å². The lowest BCUT2D eigenvalue weighted by Gasteiger charge is -2.27. The fourth-order valence-corrected chi connectivity index (χ4v) is 1.81. The van der Waals surface area contributed by atoms with Crippen LogP contribution in [0.3, 0.4) is 0 Å². The summed E-state index contributed by atoms with van der Waals surface area (Å²) >= 11 is 0. The third-order valence-corrected chi connectivity index (χ3v) is 3.42. The molecule has 0 aromatic carbocycles. The molecule has 1 aliphatic carbocycles. The molecule has 0 radical (unpaired) electrons. The molecule has 3 N–H and O–H groups in total. The molecule has 1 saturated carbocycles. The molecular formula is C13H27N3O. The van der Waals surface area contributed by atoms with E-state index in [4.69, 9.17) is 5.73 Å². The van der Waals surface area contributed by atoms with Gasteiger partial charge in [-0.3, -0.25) is 9.69 Å². The first-order valence-corrected chi connectivity index (χ1v) is 6.73. The van der Waals surface area contributed by atoms with E-state index in [1.807, 2.05) is 0 Å². The molecule has 0 heterocycles. The van der Waals surface area contributed by atoms with Gasteiger partial charge >= 0.3 is 0 Å². The number of rotatable bonds is 8. The van der Waals surface area contributed by atoms with Crippen LogP contribution in [0.25, 0.3) is 0 Å². The van der Waals surface area contributed by atoms with Gasteiger partial charge in [-0.05, 0) is 46.1 Å². The molecule has 1 amide bonds. The standard InChI is InChI=1S/C13H27N3O/c1-4-13(2,3)15-12(17)10-16(9-5-8-14)11-6-7-11/h11H,4-10,14H2,1-3H3,(H,15,17). The maximum Gasteiger partial charge on any atom is 0.234 e. The summed E-state index contributed by atoms with van der Waals surface area (Å²) in [7, 11) is 0. The number of nitrogens with zero attached hydrogens (tertiary/aromatic N) is 1. The summed E-state index contributed by atoms with van der Waals surface area (Å²) in [6.45, 7) is 8.38. The van der Waals surface area contributed by atoms with Crippen LogP contribution >= 0.6 is 0 Å². The Kier molecular flexibility index (Phi) is 5.40. The Morgan fingerprint density at radius 2 is 2.12 bits per heavy atom. The van der Waals surface area contributed by atoms with E-state index in [0.717, 1.165) is 19.4 Å². The summed E-state index contributed by atoms with van der Waals surface area (Å²) in [4.78, 5) is 14.2. The van der Waals surface area contributed by atoms with E-state index in [2.05, 4.69) is 31.0 Å². The van der Waals surface area contributed by atoms with Gasteiger partial charge < -0.3 is 11.1 Å². The number of carbonyl (C=O) groups is 1. The second-order valence-corrected chi connectivity index (χ2v) is 5.63. The van der Waals surface area contributed by atoms with Crippen molar-refractivity contribution >= 4 is 5.91 Å². The van der Waals surface area contributed by atoms with E-state index >= 15 is 0 Å². The molecule has 0 saturated heterocycles. The normalized spacial score (nSPS) is 16.3. The van der Waals surface area contributed by atoms with Crippen LogP contribution < -0.4 is 11.1 Å². The summed E-state index contributed by atoms with van der Waals surface area (Å²) in [6, 6.07) is 0.622. The molecule has 0 aliphatic heterocycles. The highest BCUT2D eigenvalue weighted by molar-refractivity contribution is 5.78. The smallest absolute Gasteiger partial charge is 0.234 e. The van der Waals surface area contributed by atoms with Crippen LogP contribution in [0.4, 0.5) is 0 Å². The average molecular weight is 241 g/mol. The van der Waals surface area contributed by atoms with Gasteiger partial charge in [0.25, 0.3) is 0 Å². The molecule has 0 spiro atoms. The molecule has 1 fully saturated rings. The van der Waals surface area contributed by atoms with Crippen LogP contribution in [0.2, 0.25) is 0 Å². The molecule has 0 aromatic heterocycles. The Hall–Kier alpha value is -0.610. The number of carbonyl (C=O) groups excluding carboxylic acids is 1. The molecule has 1 rings (SSSR count). The van der Waals surface area contributed by atoms with Crippen molar-refractivity contribution < 1.29 is 4.79 Å². The molecule has 1 aliphatic rings. The number of nitrogens with one attached hydrogen (secondary N) is 1. The summed E-state index contributed by atoms with van der Waals surface area (Å²) in [6.07, 6.45) is 4.38. The van der Waals surface area contributed by atoms with Crippen LogP contribution in [0, 0.1) is 0 Å². The lowest BCUT2D eigenvalue weighted by Crippen LogP contribution is -2.48. The molecule has 0 aromatic rings. The average Bonchev–Trinajstić information content (AvgIpc) is 3.07. The first kappa shape index (κ1) is 14.5. The topological polar surface area (TPSA) is 58.4 Å². The van der Waals surface area contributed by atoms with Crippen molar-refractivity contribution in [1.29, 1.82) is 0 Å². The summed E-state index contributed by atoms with van der Waals surface area (Å²) in [5, 5.41) is 3.08. The van der Waals surface area contributed by atoms with Crippen LogP contribution in [0.15, 0.2) is 0 Å². The van der Waals surface area contributed by atoms with Crippen molar-refractivity contribution in [3.63, 3.8) is 0 Å². The third-order valence-electron chi connectivity index (χ3n) is 3.42. The Morgan fingerprint density at radius 3 is 2.59 bits per heavy atom. The van der Waals surface area contributed by atoms with Gasteiger partial charge in [0, 0.05) is 18.1 Å². The van der Waals surface area contributed by atoms with Crippen molar-refractivity contribution in [3.05, 3.63) is 0 Å². The number of nitrogens with two attached hydrogens (primary N) is 1. The van der Waals surface area contributed by atoms with Crippen molar-refractivity contribution in [1.82, 2.24) is 10.2 Å². The second-order valence-electron chi connectivity index (χ2n) is 5.63. The van der Waals surface area contributed by atoms with Gasteiger partial charge in [0.05, 0.1) is 6.54 Å². The zero-order chi connectivity index (χ0) is 12.9. The highest BCUT2D eigenvalue weighted by Crippen LogP contribution is 2.26. The number of amides is 1. The van der Waals surface area contributed by atoms with E-state index in [9.17, 15) is 4.79 Å². The van der Waals surface area contributed by atoms with Gasteiger partial charge in [0.2, 0.25) is 5.91 Å². The zero-order valence-corrected chi connectivity index (χ0v) is 11.5. The highest BCUT2D eigenvalue weighted by atomic mass is 16.2. The predicted octanol–water partition coefficient (Wildman–Crippen LogP) is 1.10. The van der Waals surface area contributed by atoms with Crippen molar-refractivity contribution in [2.24, 2.45) is 5.73 Å². The third kappa shape index (κ3) is 5.50. The van der Waals surface area contributed by atoms with Crippen molar-refractivity contribution in [2.75, 3.05) is 19.6 Å². The van der Waals surface area contributed by atoms with Crippen molar-refractivity contribution in [3.8, 4) is 0 Å². The van der Waals surface area contributed by atoms with Gasteiger partial charge in [-0.2, -0.15) is 0 Å². The lowest BCUT2D eigenvalue weighted by molar-refractivity contribution is -0.124. The van der Waals surface area contributed by atoms with Crippen LogP contribution in [0.1, 0.15) is 46.5 Å². The van der Waals surface area contributed by atoms with Crippen LogP contribution in [0.5, 0.6) is 0 Å². The first-order valence-electron chi connectivity index (χ1n) is 6.73. The molecular weight excluding hydrogens is 214 g/mol. The SMILES string of the molecule is CCC(C)(C)NC(=O)CN(CCCN)C1CC1. The van der Waals surface area contributed by atoms with Gasteiger partial charge in [0.15, 0.2) is 0 Å². The number of hydrogen-bond donors (Lipinski definition) is 2. The summed E-state index contributed by atoms with van der Waals surface area (Å²) in [5.41, 5.74) is 5.43. The maximum absolute atomic E-state index is 11.9. The number of hydrogen-bond acceptors (Lipinski definition) is 3. The van der Waals surface area contributed by atoms with Gasteiger partial charge in [-0.1, -0.05) is 6.92 Å². The molecule has 0 atom stereocenters. The van der Waals surface area contributed by atoms with E-state index in [1.54, 1.807) is 0 Å². The molecule has 100 valence electrons. The fourth-order valence-electron chi connectivity index (χ4n) is 1.81. The molecule has 0 bridgehead atoms. The molecule has 4 heteroatoms. The highest BCUT2D eigenvalue weighted by Gasteiger charge is 2.30. The Morgan fingerprint density at radius 1 is 1.47 bits per heavy atom. The predicted molar refractivity (Wildman–Crippen MR) is 70.8 cm³/mol. The quantitative estimate of drug-likeness (QED) is 0.669. The molecule has 0 unspecified atom stereocenters. The minimum Gasteiger partial charge on any atom is -0.350 e. The van der Waals surface area contributed by atoms with E-state index in [0.29, 0.717) is 19.1 Å². The van der Waals surface area contributed by atoms with Crippen LogP contribution in [-0.2, 0) is 4.79 Å². The van der Waals surface area contributed by atoms with Crippen LogP contribution in [-0.4, -0.2) is 42.0 Å². The van der Waals surface area contributed by atoms with Crippen molar-refractivity contribution in [2.45, 2.75) is 58.0 Å². The Balaban J connectivity index is 2.35. The van der Waals surface area contributed by atoms with E-state index in [1.165, 1.54) is 12.8 Å². The largest absolute Gasteiger partial charge is 0.350 e. The minimum atomic E-state index is -0.0971. The monoisotopic (exact) mass is 241 g/mol. The Bertz CT molecular complexity index is 249. The summed E-state index contributed by atoms with van der Waals surface area (Å²) in [5.74, 6) is 0.140. The maximum atomic E-state index is 11.9. The Labute approximate surface area is 105 Å². The minimum absolute atomic E-state index is 0.0971. The van der Waals surface area contributed by atoms with E-state index < -0.39 is 0 Å². The summed E-state index contributed by atoms with van der Waals surface area (Å²) < 4.78 is 0. The van der Waals surface area contributed by atoms with Gasteiger partial charge in [-0.15, -0.1) is 0 Å². The second kappa shape index (κ2) is 6.36. The zero-order valence-electron chi connectivity index (χ0n) is 11.5. The van der Waals surface area contributed by atoms with E-state index in [-0.39, 0.29) is 11.4 Å². The molecule has 4 nitrogen and oxygen atoms in total. The van der Waals surface area contributed by atoms with Gasteiger partial charge in [0.1, 0.15) is 0 Å². The lowest BCUT2D eigenvalue weighted by atomic mass is 10.0.